The Bertz CT molecular complexity index is 212. The number of hydrogen-bond donors (Lipinski definition) is 0. The minimum Gasteiger partial charge on any atom is -0.250 e. The van der Waals surface area contributed by atoms with Gasteiger partial charge in [0.25, 0.3) is 0 Å². The van der Waals surface area contributed by atoms with Gasteiger partial charge in [0, 0.05) is 11.8 Å². The van der Waals surface area contributed by atoms with Crippen molar-refractivity contribution in [1.29, 1.82) is 0 Å². The van der Waals surface area contributed by atoms with Gasteiger partial charge in [-0.2, -0.15) is 0 Å². The number of benzene rings is 1. The molecule has 0 heterocycles. The molecule has 1 nitrogen and oxygen atoms in total. The summed E-state index contributed by atoms with van der Waals surface area (Å²) in [5, 5.41) is 0. The minimum absolute atomic E-state index is 0.888. The summed E-state index contributed by atoms with van der Waals surface area (Å²) in [5.74, 6) is 0. The van der Waals surface area contributed by atoms with E-state index in [1.165, 1.54) is 9.91 Å². The van der Waals surface area contributed by atoms with Crippen LogP contribution < -0.4 is 4.42 Å². The lowest BCUT2D eigenvalue weighted by Crippen LogP contribution is -2.03. The summed E-state index contributed by atoms with van der Waals surface area (Å²) in [6, 6.07) is 9.51. The molecule has 0 aliphatic heterocycles. The van der Waals surface area contributed by atoms with Crippen LogP contribution in [0.1, 0.15) is 0 Å². The molecule has 1 aromatic carbocycles. The summed E-state index contributed by atoms with van der Waals surface area (Å²) in [6.07, 6.45) is 0. The molecule has 0 N–H and O–H groups in total. The maximum absolute atomic E-state index is 5.66. The van der Waals surface area contributed by atoms with E-state index < -0.39 is 0 Å². The largest absolute Gasteiger partial charge is 0.250 e. The fourth-order valence-corrected chi connectivity index (χ4v) is 0.866. The van der Waals surface area contributed by atoms with Gasteiger partial charge in [-0.05, 0) is 12.1 Å². The van der Waals surface area contributed by atoms with Crippen molar-refractivity contribution >= 4 is 35.2 Å². The van der Waals surface area contributed by atoms with E-state index in [9.17, 15) is 0 Å². The smallest absolute Gasteiger partial charge is 0.0849 e. The maximum Gasteiger partial charge on any atom is 0.0849 e. The van der Waals surface area contributed by atoms with Crippen molar-refractivity contribution in [1.82, 2.24) is 0 Å². The van der Waals surface area contributed by atoms with Gasteiger partial charge < -0.3 is 0 Å². The minimum atomic E-state index is 0.888. The molecule has 10 heavy (non-hydrogen) atoms. The molecule has 0 radical (unpaired) electrons. The predicted octanol–water partition coefficient (Wildman–Crippen LogP) is 2.60. The lowest BCUT2D eigenvalue weighted by molar-refractivity contribution is 1.56. The Labute approximate surface area is 70.3 Å². The highest BCUT2D eigenvalue weighted by Crippen LogP contribution is 2.12. The molecular formula is C7H6ClNS. The van der Waals surface area contributed by atoms with Crippen LogP contribution in [-0.4, -0.2) is 5.49 Å². The molecule has 0 fully saturated rings. The van der Waals surface area contributed by atoms with Crippen LogP contribution in [0.4, 0.5) is 5.69 Å². The van der Waals surface area contributed by atoms with E-state index >= 15 is 0 Å². The Balaban J connectivity index is 2.84. The number of hydrogen-bond acceptors (Lipinski definition) is 1. The van der Waals surface area contributed by atoms with Crippen molar-refractivity contribution in [2.75, 3.05) is 4.42 Å². The van der Waals surface area contributed by atoms with Crippen LogP contribution in [0.2, 0.25) is 0 Å². The van der Waals surface area contributed by atoms with Crippen molar-refractivity contribution in [2.45, 2.75) is 0 Å². The van der Waals surface area contributed by atoms with Crippen LogP contribution in [0.25, 0.3) is 0 Å². The lowest BCUT2D eigenvalue weighted by atomic mass is 10.3. The average Bonchev–Trinajstić information content (AvgIpc) is 2.05. The van der Waals surface area contributed by atoms with Gasteiger partial charge in [0.2, 0.25) is 0 Å². The third kappa shape index (κ3) is 1.69. The van der Waals surface area contributed by atoms with Gasteiger partial charge in [-0.15, -0.1) is 0 Å². The van der Waals surface area contributed by atoms with E-state index in [1.54, 1.807) is 0 Å². The maximum atomic E-state index is 5.66. The third-order valence-electron chi connectivity index (χ3n) is 1.10. The van der Waals surface area contributed by atoms with Gasteiger partial charge >= 0.3 is 0 Å². The number of para-hydroxylation sites is 1. The van der Waals surface area contributed by atoms with E-state index in [2.05, 4.69) is 12.2 Å². The molecule has 0 saturated heterocycles. The quantitative estimate of drug-likeness (QED) is 0.497. The number of thiocarbonyl (C=S) groups is 1. The molecular weight excluding hydrogens is 166 g/mol. The van der Waals surface area contributed by atoms with Gasteiger partial charge in [-0.25, -0.2) is 0 Å². The molecule has 0 saturated carbocycles. The first kappa shape index (κ1) is 7.51. The van der Waals surface area contributed by atoms with Crippen LogP contribution in [-0.2, 0) is 0 Å². The SMILES string of the molecule is S=CN(Cl)c1ccccc1. The zero-order valence-corrected chi connectivity index (χ0v) is 6.77. The molecule has 0 aliphatic rings. The van der Waals surface area contributed by atoms with E-state index in [-0.39, 0.29) is 0 Å². The van der Waals surface area contributed by atoms with E-state index in [1.807, 2.05) is 30.3 Å². The Kier molecular flexibility index (Phi) is 2.66. The number of nitrogens with zero attached hydrogens (tertiary/aromatic N) is 1. The van der Waals surface area contributed by atoms with Crippen LogP contribution in [0.3, 0.4) is 0 Å². The second-order valence-electron chi connectivity index (χ2n) is 1.75. The summed E-state index contributed by atoms with van der Waals surface area (Å²) in [7, 11) is 0. The molecule has 1 rings (SSSR count). The van der Waals surface area contributed by atoms with Crippen LogP contribution in [0.5, 0.6) is 0 Å². The normalized spacial score (nSPS) is 8.90. The van der Waals surface area contributed by atoms with E-state index in [4.69, 9.17) is 11.8 Å². The van der Waals surface area contributed by atoms with E-state index in [0.29, 0.717) is 0 Å². The standard InChI is InChI=1S/C7H6ClNS/c8-9(6-10)7-4-2-1-3-5-7/h1-6H. The highest BCUT2D eigenvalue weighted by molar-refractivity contribution is 7.79. The zero-order chi connectivity index (χ0) is 7.40. The average molecular weight is 172 g/mol. The van der Waals surface area contributed by atoms with Gasteiger partial charge in [0.05, 0.1) is 11.2 Å². The molecule has 0 atom stereocenters. The fourth-order valence-electron chi connectivity index (χ4n) is 0.631. The second kappa shape index (κ2) is 3.54. The summed E-state index contributed by atoms with van der Waals surface area (Å²) in [4.78, 5) is 0. The molecule has 1 aromatic rings. The topological polar surface area (TPSA) is 3.24 Å². The van der Waals surface area contributed by atoms with Gasteiger partial charge in [0.1, 0.15) is 0 Å². The zero-order valence-electron chi connectivity index (χ0n) is 5.20. The van der Waals surface area contributed by atoms with Crippen molar-refractivity contribution in [3.63, 3.8) is 0 Å². The first-order valence-corrected chi connectivity index (χ1v) is 3.61. The van der Waals surface area contributed by atoms with Crippen molar-refractivity contribution < 1.29 is 0 Å². The highest BCUT2D eigenvalue weighted by Gasteiger charge is 1.94. The van der Waals surface area contributed by atoms with Crippen molar-refractivity contribution in [3.8, 4) is 0 Å². The lowest BCUT2D eigenvalue weighted by Gasteiger charge is -2.06. The van der Waals surface area contributed by atoms with Crippen molar-refractivity contribution in [3.05, 3.63) is 30.3 Å². The fraction of sp³-hybridized carbons (Fsp3) is 0. The Morgan fingerprint density at radius 3 is 2.40 bits per heavy atom. The first-order chi connectivity index (χ1) is 4.84. The Morgan fingerprint density at radius 1 is 1.30 bits per heavy atom. The second-order valence-corrected chi connectivity index (χ2v) is 2.33. The van der Waals surface area contributed by atoms with Gasteiger partial charge in [0.15, 0.2) is 0 Å². The molecule has 3 heteroatoms. The molecule has 0 amide bonds. The van der Waals surface area contributed by atoms with Crippen molar-refractivity contribution in [2.24, 2.45) is 0 Å². The number of rotatable bonds is 2. The predicted molar refractivity (Wildman–Crippen MR) is 48.4 cm³/mol. The van der Waals surface area contributed by atoms with Crippen LogP contribution in [0, 0.1) is 0 Å². The summed E-state index contributed by atoms with van der Waals surface area (Å²) >= 11 is 10.3. The van der Waals surface area contributed by atoms with Gasteiger partial charge in [-0.3, -0.25) is 4.42 Å². The number of halogens is 1. The summed E-state index contributed by atoms with van der Waals surface area (Å²) in [5.41, 5.74) is 2.27. The number of anilines is 1. The molecule has 0 aromatic heterocycles. The highest BCUT2D eigenvalue weighted by atomic mass is 35.5. The molecule has 52 valence electrons. The Morgan fingerprint density at radius 2 is 1.90 bits per heavy atom. The molecule has 0 spiro atoms. The Hall–Kier alpha value is -0.600. The molecule has 0 aliphatic carbocycles. The molecule has 0 unspecified atom stereocenters. The van der Waals surface area contributed by atoms with Crippen LogP contribution in [0.15, 0.2) is 30.3 Å². The monoisotopic (exact) mass is 171 g/mol. The third-order valence-corrected chi connectivity index (χ3v) is 1.71. The summed E-state index contributed by atoms with van der Waals surface area (Å²) in [6.45, 7) is 0. The summed E-state index contributed by atoms with van der Waals surface area (Å²) < 4.78 is 1.37. The van der Waals surface area contributed by atoms with Crippen LogP contribution >= 0.6 is 24.0 Å². The molecule has 0 bridgehead atoms. The van der Waals surface area contributed by atoms with Gasteiger partial charge in [-0.1, -0.05) is 30.4 Å². The first-order valence-electron chi connectivity index (χ1n) is 2.80. The van der Waals surface area contributed by atoms with E-state index in [0.717, 1.165) is 5.69 Å².